The Bertz CT molecular complexity index is 1110. The van der Waals surface area contributed by atoms with E-state index in [1.165, 1.54) is 5.56 Å². The first kappa shape index (κ1) is 17.3. The third-order valence-electron chi connectivity index (χ3n) is 4.86. The van der Waals surface area contributed by atoms with Gasteiger partial charge in [-0.15, -0.1) is 10.2 Å². The van der Waals surface area contributed by atoms with Gasteiger partial charge in [0.25, 0.3) is 5.91 Å². The molecule has 1 N–H and O–H groups in total. The summed E-state index contributed by atoms with van der Waals surface area (Å²) in [6.45, 7) is 4.60. The molecule has 0 fully saturated rings. The molecule has 4 rings (SSSR count). The Balaban J connectivity index is 1.39. The number of benzene rings is 1. The van der Waals surface area contributed by atoms with Gasteiger partial charge in [-0.25, -0.2) is 0 Å². The fraction of sp³-hybridized carbons (Fsp3) is 0.286. The molecule has 3 aromatic heterocycles. The normalized spacial score (nSPS) is 11.3. The predicted molar refractivity (Wildman–Crippen MR) is 104 cm³/mol. The fourth-order valence-corrected chi connectivity index (χ4v) is 3.29. The Morgan fingerprint density at radius 1 is 1.22 bits per heavy atom. The zero-order valence-electron chi connectivity index (χ0n) is 15.5. The Labute approximate surface area is 157 Å². The summed E-state index contributed by atoms with van der Waals surface area (Å²) in [6.07, 6.45) is 4.43. The Morgan fingerprint density at radius 2 is 2.11 bits per heavy atom. The Hall–Kier alpha value is -3.15. The highest BCUT2D eigenvalue weighted by molar-refractivity contribution is 5.99. The molecule has 0 bridgehead atoms. The maximum Gasteiger partial charge on any atom is 0.287 e. The van der Waals surface area contributed by atoms with Crippen LogP contribution < -0.4 is 5.32 Å². The standard InChI is InChI=1S/C21H22N4O2/c1-3-15-9-10-17-16(13-15)14(2)20(27-17)21(26)22-11-6-8-19-24-23-18-7-4-5-12-25(18)19/h4-5,7,9-10,12-13H,3,6,8,11H2,1-2H3,(H,22,26). The van der Waals surface area contributed by atoms with E-state index in [2.05, 4.69) is 28.5 Å². The van der Waals surface area contributed by atoms with Gasteiger partial charge in [0.15, 0.2) is 11.4 Å². The van der Waals surface area contributed by atoms with Gasteiger partial charge in [0.1, 0.15) is 11.4 Å². The van der Waals surface area contributed by atoms with Crippen LogP contribution in [0.1, 0.15) is 40.9 Å². The topological polar surface area (TPSA) is 72.4 Å². The van der Waals surface area contributed by atoms with E-state index >= 15 is 0 Å². The SMILES string of the molecule is CCc1ccc2oc(C(=O)NCCCc3nnc4ccccn34)c(C)c2c1. The van der Waals surface area contributed by atoms with Gasteiger partial charge < -0.3 is 9.73 Å². The molecule has 0 aliphatic carbocycles. The van der Waals surface area contributed by atoms with E-state index in [1.807, 2.05) is 47.9 Å². The van der Waals surface area contributed by atoms with Gasteiger partial charge in [-0.05, 0) is 49.6 Å². The molecule has 0 aliphatic rings. The van der Waals surface area contributed by atoms with Crippen LogP contribution in [0.25, 0.3) is 16.6 Å². The summed E-state index contributed by atoms with van der Waals surface area (Å²) in [5, 5.41) is 12.3. The fourth-order valence-electron chi connectivity index (χ4n) is 3.29. The zero-order chi connectivity index (χ0) is 18.8. The lowest BCUT2D eigenvalue weighted by atomic mass is 10.1. The van der Waals surface area contributed by atoms with E-state index < -0.39 is 0 Å². The van der Waals surface area contributed by atoms with Crippen LogP contribution in [0, 0.1) is 6.92 Å². The largest absolute Gasteiger partial charge is 0.451 e. The molecule has 138 valence electrons. The number of furan rings is 1. The van der Waals surface area contributed by atoms with Crippen molar-refractivity contribution in [2.75, 3.05) is 6.54 Å². The van der Waals surface area contributed by atoms with Crippen LogP contribution >= 0.6 is 0 Å². The number of rotatable bonds is 6. The lowest BCUT2D eigenvalue weighted by molar-refractivity contribution is 0.0927. The molecule has 6 heteroatoms. The number of nitrogens with one attached hydrogen (secondary N) is 1. The average Bonchev–Trinajstić information content (AvgIpc) is 3.26. The summed E-state index contributed by atoms with van der Waals surface area (Å²) in [6, 6.07) is 11.9. The average molecular weight is 362 g/mol. The number of aromatic nitrogens is 3. The summed E-state index contributed by atoms with van der Waals surface area (Å²) >= 11 is 0. The first-order valence-corrected chi connectivity index (χ1v) is 9.26. The van der Waals surface area contributed by atoms with Gasteiger partial charge in [0.05, 0.1) is 0 Å². The van der Waals surface area contributed by atoms with Crippen LogP contribution in [0.15, 0.2) is 47.0 Å². The lowest BCUT2D eigenvalue weighted by Gasteiger charge is -2.03. The van der Waals surface area contributed by atoms with Crippen molar-refractivity contribution in [3.05, 3.63) is 65.3 Å². The summed E-state index contributed by atoms with van der Waals surface area (Å²) in [5.41, 5.74) is 3.71. The molecule has 0 saturated heterocycles. The number of carbonyl (C=O) groups excluding carboxylic acids is 1. The van der Waals surface area contributed by atoms with Crippen LogP contribution in [-0.4, -0.2) is 27.0 Å². The van der Waals surface area contributed by atoms with Crippen molar-refractivity contribution in [3.8, 4) is 0 Å². The first-order chi connectivity index (χ1) is 13.2. The quantitative estimate of drug-likeness (QED) is 0.531. The molecule has 0 saturated carbocycles. The molecule has 27 heavy (non-hydrogen) atoms. The van der Waals surface area contributed by atoms with Gasteiger partial charge in [0, 0.05) is 30.1 Å². The molecular formula is C21H22N4O2. The number of pyridine rings is 1. The van der Waals surface area contributed by atoms with Crippen molar-refractivity contribution >= 4 is 22.5 Å². The van der Waals surface area contributed by atoms with Crippen molar-refractivity contribution in [1.82, 2.24) is 19.9 Å². The highest BCUT2D eigenvalue weighted by Crippen LogP contribution is 2.26. The maximum atomic E-state index is 12.5. The highest BCUT2D eigenvalue weighted by atomic mass is 16.3. The van der Waals surface area contributed by atoms with Gasteiger partial charge in [-0.3, -0.25) is 9.20 Å². The summed E-state index contributed by atoms with van der Waals surface area (Å²) in [4.78, 5) is 12.5. The highest BCUT2D eigenvalue weighted by Gasteiger charge is 2.17. The molecular weight excluding hydrogens is 340 g/mol. The van der Waals surface area contributed by atoms with E-state index in [4.69, 9.17) is 4.42 Å². The van der Waals surface area contributed by atoms with E-state index in [-0.39, 0.29) is 5.91 Å². The van der Waals surface area contributed by atoms with Crippen LogP contribution in [0.5, 0.6) is 0 Å². The summed E-state index contributed by atoms with van der Waals surface area (Å²) in [5.74, 6) is 1.12. The maximum absolute atomic E-state index is 12.5. The number of hydrogen-bond donors (Lipinski definition) is 1. The Morgan fingerprint density at radius 3 is 2.96 bits per heavy atom. The smallest absolute Gasteiger partial charge is 0.287 e. The van der Waals surface area contributed by atoms with Gasteiger partial charge in [0.2, 0.25) is 0 Å². The number of carbonyl (C=O) groups is 1. The second-order valence-corrected chi connectivity index (χ2v) is 6.64. The molecule has 0 spiro atoms. The van der Waals surface area contributed by atoms with Gasteiger partial charge in [-0.2, -0.15) is 0 Å². The number of amides is 1. The minimum absolute atomic E-state index is 0.173. The van der Waals surface area contributed by atoms with Crippen LogP contribution in [0.4, 0.5) is 0 Å². The lowest BCUT2D eigenvalue weighted by Crippen LogP contribution is -2.25. The second-order valence-electron chi connectivity index (χ2n) is 6.64. The number of nitrogens with zero attached hydrogens (tertiary/aromatic N) is 3. The number of fused-ring (bicyclic) bond motifs is 2. The third kappa shape index (κ3) is 3.30. The Kier molecular flexibility index (Phi) is 4.62. The van der Waals surface area contributed by atoms with E-state index in [0.717, 1.165) is 47.3 Å². The predicted octanol–water partition coefficient (Wildman–Crippen LogP) is 3.71. The number of hydrogen-bond acceptors (Lipinski definition) is 4. The molecule has 0 aliphatic heterocycles. The monoisotopic (exact) mass is 362 g/mol. The van der Waals surface area contributed by atoms with E-state index in [9.17, 15) is 4.79 Å². The zero-order valence-corrected chi connectivity index (χ0v) is 15.5. The van der Waals surface area contributed by atoms with Crippen LogP contribution in [0.3, 0.4) is 0 Å². The molecule has 1 aromatic carbocycles. The molecule has 0 atom stereocenters. The summed E-state index contributed by atoms with van der Waals surface area (Å²) in [7, 11) is 0. The molecule has 3 heterocycles. The summed E-state index contributed by atoms with van der Waals surface area (Å²) < 4.78 is 7.75. The van der Waals surface area contributed by atoms with E-state index in [0.29, 0.717) is 12.3 Å². The first-order valence-electron chi connectivity index (χ1n) is 9.26. The minimum Gasteiger partial charge on any atom is -0.451 e. The van der Waals surface area contributed by atoms with Crippen LogP contribution in [-0.2, 0) is 12.8 Å². The van der Waals surface area contributed by atoms with Gasteiger partial charge in [-0.1, -0.05) is 19.1 Å². The van der Waals surface area contributed by atoms with Crippen molar-refractivity contribution in [2.45, 2.75) is 33.1 Å². The molecule has 0 radical (unpaired) electrons. The van der Waals surface area contributed by atoms with Crippen molar-refractivity contribution < 1.29 is 9.21 Å². The van der Waals surface area contributed by atoms with Gasteiger partial charge >= 0.3 is 0 Å². The minimum atomic E-state index is -0.173. The van der Waals surface area contributed by atoms with Crippen molar-refractivity contribution in [1.29, 1.82) is 0 Å². The second kappa shape index (κ2) is 7.23. The molecule has 0 unspecified atom stereocenters. The molecule has 4 aromatic rings. The van der Waals surface area contributed by atoms with Crippen molar-refractivity contribution in [3.63, 3.8) is 0 Å². The number of aryl methyl sites for hydroxylation is 3. The molecule has 6 nitrogen and oxygen atoms in total. The van der Waals surface area contributed by atoms with Crippen molar-refractivity contribution in [2.24, 2.45) is 0 Å². The van der Waals surface area contributed by atoms with Crippen LogP contribution in [0.2, 0.25) is 0 Å². The molecule has 1 amide bonds. The van der Waals surface area contributed by atoms with E-state index in [1.54, 1.807) is 0 Å². The third-order valence-corrected chi connectivity index (χ3v) is 4.86.